The van der Waals surface area contributed by atoms with Crippen molar-refractivity contribution in [2.24, 2.45) is 20.1 Å². The highest BCUT2D eigenvalue weighted by Gasteiger charge is 2.08. The second kappa shape index (κ2) is 19.9. The zero-order valence-electron chi connectivity index (χ0n) is 14.1. The Morgan fingerprint density at radius 2 is 1.68 bits per heavy atom. The highest BCUT2D eigenvalue weighted by atomic mass is 32.8. The van der Waals surface area contributed by atoms with Crippen molar-refractivity contribution in [3.8, 4) is 46.8 Å². The topological polar surface area (TPSA) is 186 Å². The lowest BCUT2D eigenvalue weighted by Gasteiger charge is -2.04. The minimum absolute atomic E-state index is 0.205. The van der Waals surface area contributed by atoms with Gasteiger partial charge in [0.15, 0.2) is 0 Å². The number of anilines is 2. The third kappa shape index (κ3) is 14.9. The van der Waals surface area contributed by atoms with E-state index >= 15 is 0 Å². The summed E-state index contributed by atoms with van der Waals surface area (Å²) in [6.45, 7) is 1.71. The Bertz CT molecular complexity index is 949. The van der Waals surface area contributed by atoms with Gasteiger partial charge in [-0.05, 0) is 75.9 Å². The number of thiocyanates is 2. The van der Waals surface area contributed by atoms with E-state index in [-0.39, 0.29) is 11.6 Å². The van der Waals surface area contributed by atoms with Gasteiger partial charge in [0, 0.05) is 11.2 Å². The lowest BCUT2D eigenvalue weighted by molar-refractivity contribution is 0.867. The van der Waals surface area contributed by atoms with E-state index in [4.69, 9.17) is 33.9 Å². The van der Waals surface area contributed by atoms with E-state index in [0.29, 0.717) is 9.79 Å². The molecule has 0 saturated carbocycles. The second-order valence-electron chi connectivity index (χ2n) is 3.35. The highest BCUT2D eigenvalue weighted by molar-refractivity contribution is 8.12. The van der Waals surface area contributed by atoms with E-state index < -0.39 is 0 Å². The Hall–Kier alpha value is -3.45. The number of hydrogen-bond donors (Lipinski definition) is 3. The summed E-state index contributed by atoms with van der Waals surface area (Å²) in [5.74, 6) is 12.4. The summed E-state index contributed by atoms with van der Waals surface area (Å²) in [6.07, 6.45) is 4.78. The smallest absolute Gasteiger partial charge is 0.140 e. The Morgan fingerprint density at radius 1 is 1.11 bits per heavy atom. The number of nitriles is 2. The zero-order chi connectivity index (χ0) is 21.6. The van der Waals surface area contributed by atoms with Crippen molar-refractivity contribution in [1.29, 1.82) is 16.1 Å². The number of nitrogens with one attached hydrogen (secondary N) is 1. The van der Waals surface area contributed by atoms with Crippen molar-refractivity contribution in [3.05, 3.63) is 6.07 Å². The Kier molecular flexibility index (Phi) is 19.0. The van der Waals surface area contributed by atoms with Crippen molar-refractivity contribution >= 4 is 56.5 Å². The van der Waals surface area contributed by atoms with E-state index in [9.17, 15) is 0 Å². The van der Waals surface area contributed by atoms with Crippen LogP contribution in [0.25, 0.3) is 0 Å². The summed E-state index contributed by atoms with van der Waals surface area (Å²) < 4.78 is 3.14. The molecule has 1 heterocycles. The van der Waals surface area contributed by atoms with Gasteiger partial charge in [-0.25, -0.2) is 4.98 Å². The van der Waals surface area contributed by atoms with Crippen LogP contribution in [0.5, 0.6) is 0 Å². The summed E-state index contributed by atoms with van der Waals surface area (Å²) in [4.78, 5) is 4.85. The molecule has 1 aromatic heterocycles. The van der Waals surface area contributed by atoms with Gasteiger partial charge in [-0.3, -0.25) is 0 Å². The van der Waals surface area contributed by atoms with Crippen LogP contribution in [0, 0.1) is 62.9 Å². The molecule has 0 unspecified atom stereocenters. The molecule has 0 aromatic carbocycles. The minimum Gasteiger partial charge on any atom is -0.383 e. The molecule has 0 aliphatic heterocycles. The molecule has 0 aliphatic carbocycles. The van der Waals surface area contributed by atoms with Crippen LogP contribution in [-0.4, -0.2) is 4.98 Å². The minimum atomic E-state index is 0.205. The summed E-state index contributed by atoms with van der Waals surface area (Å²) in [5, 5.41) is 29.0. The van der Waals surface area contributed by atoms with Crippen LogP contribution < -0.4 is 11.5 Å². The number of aromatic nitrogens is 1. The molecule has 5 N–H and O–H groups in total. The highest BCUT2D eigenvalue weighted by Crippen LogP contribution is 2.31. The molecular formula is C14H10N10S4. The van der Waals surface area contributed by atoms with Crippen LogP contribution in [0.4, 0.5) is 11.6 Å². The molecule has 28 heavy (non-hydrogen) atoms. The molecule has 0 amide bonds. The maximum atomic E-state index is 8.46. The van der Waals surface area contributed by atoms with Gasteiger partial charge in [0.2, 0.25) is 0 Å². The molecule has 0 bridgehead atoms. The van der Waals surface area contributed by atoms with Gasteiger partial charge in [-0.2, -0.15) is 16.1 Å². The first kappa shape index (κ1) is 26.8. The summed E-state index contributed by atoms with van der Waals surface area (Å²) in [5.41, 5.74) is 17.1. The average Bonchev–Trinajstić information content (AvgIpc) is 2.68. The number of pyridine rings is 1. The van der Waals surface area contributed by atoms with Gasteiger partial charge in [0.05, 0.1) is 19.9 Å². The summed E-state index contributed by atoms with van der Waals surface area (Å²) in [7, 11) is 0.746. The lowest BCUT2D eigenvalue weighted by Crippen LogP contribution is -1.99. The van der Waals surface area contributed by atoms with Crippen molar-refractivity contribution < 1.29 is 0 Å². The number of nitrogens with zero attached hydrogens (tertiary/aromatic N) is 7. The van der Waals surface area contributed by atoms with E-state index in [1.54, 1.807) is 13.0 Å². The predicted molar refractivity (Wildman–Crippen MR) is 113 cm³/mol. The monoisotopic (exact) mass is 446 g/mol. The van der Waals surface area contributed by atoms with Crippen molar-refractivity contribution in [3.63, 3.8) is 0 Å². The van der Waals surface area contributed by atoms with Crippen LogP contribution >= 0.6 is 23.5 Å². The molecule has 140 valence electrons. The number of hydrogen-bond acceptors (Lipinski definition) is 9. The van der Waals surface area contributed by atoms with Gasteiger partial charge < -0.3 is 11.5 Å². The molecule has 10 nitrogen and oxygen atoms in total. The molecule has 1 rings (SSSR count). The van der Waals surface area contributed by atoms with E-state index in [2.05, 4.69) is 65.9 Å². The average molecular weight is 447 g/mol. The third-order valence-electron chi connectivity index (χ3n) is 1.80. The first-order chi connectivity index (χ1) is 13.5. The normalized spacial score (nSPS) is 7.50. The SMILES string of the molecule is C#CC#CC#CC.N#CSc1cc(SC#N)c(N)nc1N.N=N/N=N/N=S=S. The first-order valence-electron chi connectivity index (χ1n) is 6.33. The fourth-order valence-electron chi connectivity index (χ4n) is 0.950. The number of nitrogens with two attached hydrogens (primary N) is 2. The van der Waals surface area contributed by atoms with Crippen LogP contribution in [0.1, 0.15) is 6.92 Å². The van der Waals surface area contributed by atoms with Gasteiger partial charge in [0.1, 0.15) is 22.4 Å². The van der Waals surface area contributed by atoms with Gasteiger partial charge in [-0.1, -0.05) is 10.4 Å². The molecule has 0 atom stereocenters. The molecule has 0 aliphatic rings. The lowest BCUT2D eigenvalue weighted by atomic mass is 10.4. The fraction of sp³-hybridized carbons (Fsp3) is 0.0714. The number of thioether (sulfide) groups is 2. The first-order valence-corrected chi connectivity index (χ1v) is 9.66. The number of rotatable bonds is 4. The van der Waals surface area contributed by atoms with Crippen molar-refractivity contribution in [1.82, 2.24) is 4.98 Å². The largest absolute Gasteiger partial charge is 0.383 e. The third-order valence-corrected chi connectivity index (χ3v) is 3.41. The molecule has 0 saturated heterocycles. The molecule has 0 fully saturated rings. The molecule has 0 spiro atoms. The number of terminal acetylenes is 1. The van der Waals surface area contributed by atoms with Crippen LogP contribution in [0.15, 0.2) is 36.0 Å². The number of nitrogen functional groups attached to an aromatic ring is 2. The van der Waals surface area contributed by atoms with Crippen LogP contribution in [0.3, 0.4) is 0 Å². The predicted octanol–water partition coefficient (Wildman–Crippen LogP) is 3.07. The quantitative estimate of drug-likeness (QED) is 0.207. The maximum absolute atomic E-state index is 8.46. The summed E-state index contributed by atoms with van der Waals surface area (Å²) >= 11 is 6.04. The Morgan fingerprint density at radius 3 is 2.07 bits per heavy atom. The standard InChI is InChI=1S/C7H5N5S2.C7H4.HN5S2/c8-2-13-4-1-5(14-3-9)7(11)12-6(4)10;1-3-5-7-6-4-2;1-2-3-4-5-7-6/h1H,(H4,10,11,12);1H,2H3;1H/b;;2-1?,4-3+. The van der Waals surface area contributed by atoms with Crippen molar-refractivity contribution in [2.75, 3.05) is 11.5 Å². The maximum Gasteiger partial charge on any atom is 0.140 e. The Labute approximate surface area is 178 Å². The van der Waals surface area contributed by atoms with E-state index in [1.807, 2.05) is 10.8 Å². The molecule has 1 aromatic rings. The summed E-state index contributed by atoms with van der Waals surface area (Å²) in [6, 6.07) is 1.58. The molecule has 0 radical (unpaired) electrons. The van der Waals surface area contributed by atoms with Crippen LogP contribution in [-0.2, 0) is 21.3 Å². The van der Waals surface area contributed by atoms with Gasteiger partial charge in [0.25, 0.3) is 0 Å². The van der Waals surface area contributed by atoms with Crippen LogP contribution in [0.2, 0.25) is 0 Å². The fourth-order valence-corrected chi connectivity index (χ4v) is 2.03. The molecule has 14 heteroatoms. The van der Waals surface area contributed by atoms with Crippen molar-refractivity contribution in [2.45, 2.75) is 16.7 Å². The molecular weight excluding hydrogens is 436 g/mol. The Balaban J connectivity index is 0. The van der Waals surface area contributed by atoms with E-state index in [1.165, 1.54) is 0 Å². The van der Waals surface area contributed by atoms with Gasteiger partial charge in [-0.15, -0.1) is 6.42 Å². The zero-order valence-corrected chi connectivity index (χ0v) is 17.3. The second-order valence-corrected chi connectivity index (χ2v) is 5.76. The van der Waals surface area contributed by atoms with Gasteiger partial charge >= 0.3 is 0 Å². The van der Waals surface area contributed by atoms with E-state index in [0.717, 1.165) is 33.6 Å².